The summed E-state index contributed by atoms with van der Waals surface area (Å²) in [6.07, 6.45) is 6.29. The maximum absolute atomic E-state index is 11.9. The molecule has 0 bridgehead atoms. The lowest BCUT2D eigenvalue weighted by Crippen LogP contribution is -2.36. The van der Waals surface area contributed by atoms with Crippen LogP contribution in [-0.2, 0) is 14.3 Å². The van der Waals surface area contributed by atoms with E-state index in [-0.39, 0.29) is 12.1 Å². The smallest absolute Gasteiger partial charge is 0.315 e. The van der Waals surface area contributed by atoms with Gasteiger partial charge in [0.1, 0.15) is 5.78 Å². The molecule has 0 radical (unpaired) electrons. The number of fused-ring (bicyclic) bond motifs is 1. The van der Waals surface area contributed by atoms with Gasteiger partial charge in [-0.3, -0.25) is 4.79 Å². The van der Waals surface area contributed by atoms with Crippen molar-refractivity contribution in [1.82, 2.24) is 10.6 Å². The minimum absolute atomic E-state index is 0.0302. The van der Waals surface area contributed by atoms with E-state index in [4.69, 9.17) is 9.47 Å². The molecule has 2 saturated heterocycles. The molecule has 144 valence electrons. The number of amides is 2. The molecule has 3 atom stereocenters. The highest BCUT2D eigenvalue weighted by molar-refractivity contribution is 8.00. The first-order valence-electron chi connectivity index (χ1n) is 9.56. The SMILES string of the molecule is CCOCCOCCCCC(=O)CCCCC1SC[C@@H]2NC(=O)N[C@H]12. The van der Waals surface area contributed by atoms with Gasteiger partial charge in [-0.1, -0.05) is 6.42 Å². The summed E-state index contributed by atoms with van der Waals surface area (Å²) in [5.41, 5.74) is 0. The summed E-state index contributed by atoms with van der Waals surface area (Å²) < 4.78 is 10.6. The van der Waals surface area contributed by atoms with Gasteiger partial charge in [-0.2, -0.15) is 11.8 Å². The van der Waals surface area contributed by atoms with Gasteiger partial charge in [-0.05, 0) is 32.6 Å². The van der Waals surface area contributed by atoms with E-state index in [1.807, 2.05) is 18.7 Å². The number of Topliss-reactive ketones (excluding diaryl/α,β-unsaturated/α-hetero) is 1. The average Bonchev–Trinajstić information content (AvgIpc) is 3.13. The molecule has 2 aliphatic rings. The van der Waals surface area contributed by atoms with Crippen LogP contribution in [0.3, 0.4) is 0 Å². The summed E-state index contributed by atoms with van der Waals surface area (Å²) in [4.78, 5) is 23.2. The van der Waals surface area contributed by atoms with E-state index in [2.05, 4.69) is 10.6 Å². The summed E-state index contributed by atoms with van der Waals surface area (Å²) in [7, 11) is 0. The molecule has 2 N–H and O–H groups in total. The van der Waals surface area contributed by atoms with E-state index in [1.165, 1.54) is 0 Å². The predicted molar refractivity (Wildman–Crippen MR) is 100 cm³/mol. The first kappa shape index (κ1) is 20.5. The van der Waals surface area contributed by atoms with E-state index >= 15 is 0 Å². The molecule has 2 amide bonds. The molecular weight excluding hydrogens is 340 g/mol. The van der Waals surface area contributed by atoms with Crippen LogP contribution in [0.2, 0.25) is 0 Å². The quantitative estimate of drug-likeness (QED) is 0.362. The molecule has 0 aromatic heterocycles. The van der Waals surface area contributed by atoms with Crippen molar-refractivity contribution in [2.45, 2.75) is 69.2 Å². The van der Waals surface area contributed by atoms with Gasteiger partial charge in [-0.15, -0.1) is 0 Å². The zero-order valence-corrected chi connectivity index (χ0v) is 16.1. The molecule has 6 nitrogen and oxygen atoms in total. The van der Waals surface area contributed by atoms with Gasteiger partial charge in [0.25, 0.3) is 0 Å². The van der Waals surface area contributed by atoms with Crippen LogP contribution in [0.25, 0.3) is 0 Å². The number of carbonyl (C=O) groups excluding carboxylic acids is 2. The number of rotatable bonds is 14. The second-order valence-corrected chi connectivity index (χ2v) is 7.94. The van der Waals surface area contributed by atoms with Crippen molar-refractivity contribution < 1.29 is 19.1 Å². The van der Waals surface area contributed by atoms with Crippen LogP contribution >= 0.6 is 11.8 Å². The molecule has 7 heteroatoms. The monoisotopic (exact) mass is 372 g/mol. The summed E-state index contributed by atoms with van der Waals surface area (Å²) in [5.74, 6) is 1.36. The lowest BCUT2D eigenvalue weighted by atomic mass is 10.0. The van der Waals surface area contributed by atoms with Gasteiger partial charge in [0, 0.05) is 37.1 Å². The zero-order valence-electron chi connectivity index (χ0n) is 15.3. The van der Waals surface area contributed by atoms with Crippen LogP contribution in [0.1, 0.15) is 51.9 Å². The standard InChI is InChI=1S/C18H32N2O4S/c1-2-23-11-12-24-10-6-5-8-14(21)7-3-4-9-16-17-15(13-25-16)19-18(22)20-17/h15-17H,2-13H2,1H3,(H2,19,20,22)/t15-,16?,17-/m0/s1. The van der Waals surface area contributed by atoms with E-state index < -0.39 is 0 Å². The maximum Gasteiger partial charge on any atom is 0.315 e. The molecule has 2 rings (SSSR count). The number of hydrogen-bond acceptors (Lipinski definition) is 5. The van der Waals surface area contributed by atoms with Gasteiger partial charge >= 0.3 is 6.03 Å². The van der Waals surface area contributed by atoms with Crippen molar-refractivity contribution in [1.29, 1.82) is 0 Å². The van der Waals surface area contributed by atoms with Crippen molar-refractivity contribution >= 4 is 23.6 Å². The second kappa shape index (κ2) is 11.8. The first-order valence-corrected chi connectivity index (χ1v) is 10.6. The zero-order chi connectivity index (χ0) is 17.9. The highest BCUT2D eigenvalue weighted by Crippen LogP contribution is 2.33. The molecule has 0 saturated carbocycles. The topological polar surface area (TPSA) is 76.7 Å². The molecule has 25 heavy (non-hydrogen) atoms. The summed E-state index contributed by atoms with van der Waals surface area (Å²) in [6.45, 7) is 4.69. The Labute approximate surface area is 155 Å². The predicted octanol–water partition coefficient (Wildman–Crippen LogP) is 2.50. The van der Waals surface area contributed by atoms with E-state index in [0.717, 1.165) is 44.5 Å². The highest BCUT2D eigenvalue weighted by Gasteiger charge is 2.42. The third kappa shape index (κ3) is 7.54. The van der Waals surface area contributed by atoms with Gasteiger partial charge in [0.2, 0.25) is 0 Å². The van der Waals surface area contributed by atoms with Gasteiger partial charge in [-0.25, -0.2) is 4.79 Å². The third-order valence-electron chi connectivity index (χ3n) is 4.70. The van der Waals surface area contributed by atoms with Crippen LogP contribution in [0.4, 0.5) is 4.79 Å². The molecule has 0 aliphatic carbocycles. The Morgan fingerprint density at radius 1 is 1.08 bits per heavy atom. The number of ether oxygens (including phenoxy) is 2. The Kier molecular flexibility index (Phi) is 9.65. The number of nitrogens with one attached hydrogen (secondary N) is 2. The van der Waals surface area contributed by atoms with Crippen LogP contribution in [0.15, 0.2) is 0 Å². The first-order chi connectivity index (χ1) is 12.2. The fourth-order valence-corrected chi connectivity index (χ4v) is 4.87. The lowest BCUT2D eigenvalue weighted by Gasteiger charge is -2.16. The number of hydrogen-bond donors (Lipinski definition) is 2. The van der Waals surface area contributed by atoms with Gasteiger partial charge < -0.3 is 20.1 Å². The summed E-state index contributed by atoms with van der Waals surface area (Å²) in [5, 5.41) is 6.47. The Morgan fingerprint density at radius 2 is 1.84 bits per heavy atom. The average molecular weight is 373 g/mol. The minimum atomic E-state index is -0.0302. The van der Waals surface area contributed by atoms with Crippen molar-refractivity contribution in [3.8, 4) is 0 Å². The normalized spacial score (nSPS) is 24.8. The van der Waals surface area contributed by atoms with Crippen molar-refractivity contribution in [2.24, 2.45) is 0 Å². The van der Waals surface area contributed by atoms with Crippen molar-refractivity contribution in [3.63, 3.8) is 0 Å². The summed E-state index contributed by atoms with van der Waals surface area (Å²) >= 11 is 1.94. The van der Waals surface area contributed by atoms with Crippen LogP contribution in [0.5, 0.6) is 0 Å². The Bertz CT molecular complexity index is 422. The maximum atomic E-state index is 11.9. The third-order valence-corrected chi connectivity index (χ3v) is 6.21. The number of urea groups is 1. The molecule has 0 aromatic rings. The fraction of sp³-hybridized carbons (Fsp3) is 0.889. The molecule has 1 unspecified atom stereocenters. The second-order valence-electron chi connectivity index (χ2n) is 6.67. The number of thioether (sulfide) groups is 1. The van der Waals surface area contributed by atoms with Gasteiger partial charge in [0.15, 0.2) is 0 Å². The highest BCUT2D eigenvalue weighted by atomic mass is 32.2. The van der Waals surface area contributed by atoms with Crippen molar-refractivity contribution in [2.75, 3.05) is 32.2 Å². The Morgan fingerprint density at radius 3 is 2.64 bits per heavy atom. The minimum Gasteiger partial charge on any atom is -0.379 e. The van der Waals surface area contributed by atoms with Crippen LogP contribution < -0.4 is 10.6 Å². The van der Waals surface area contributed by atoms with Crippen molar-refractivity contribution in [3.05, 3.63) is 0 Å². The fourth-order valence-electron chi connectivity index (χ4n) is 3.33. The van der Waals surface area contributed by atoms with E-state index in [0.29, 0.717) is 49.7 Å². The Balaban J connectivity index is 1.41. The molecule has 2 heterocycles. The summed E-state index contributed by atoms with van der Waals surface area (Å²) in [6, 6.07) is 0.535. The largest absolute Gasteiger partial charge is 0.379 e. The lowest BCUT2D eigenvalue weighted by molar-refractivity contribution is -0.119. The molecule has 2 aliphatic heterocycles. The molecule has 0 aromatic carbocycles. The Hall–Kier alpha value is -0.790. The number of ketones is 1. The molecule has 2 fully saturated rings. The molecular formula is C18H32N2O4S. The number of carbonyl (C=O) groups is 2. The van der Waals surface area contributed by atoms with Crippen LogP contribution in [-0.4, -0.2) is 61.3 Å². The molecule has 0 spiro atoms. The van der Waals surface area contributed by atoms with Gasteiger partial charge in [0.05, 0.1) is 25.3 Å². The van der Waals surface area contributed by atoms with Crippen LogP contribution in [0, 0.1) is 0 Å². The van der Waals surface area contributed by atoms with E-state index in [1.54, 1.807) is 0 Å². The van der Waals surface area contributed by atoms with E-state index in [9.17, 15) is 9.59 Å². The number of unbranched alkanes of at least 4 members (excludes halogenated alkanes) is 2.